The molecule has 0 saturated carbocycles. The Morgan fingerprint density at radius 2 is 1.92 bits per heavy atom. The highest BCUT2D eigenvalue weighted by atomic mass is 35.5. The van der Waals surface area contributed by atoms with E-state index in [0.29, 0.717) is 6.54 Å². The predicted octanol–water partition coefficient (Wildman–Crippen LogP) is 3.84. The van der Waals surface area contributed by atoms with E-state index in [-0.39, 0.29) is 30.3 Å². The number of carbonyl (C=O) groups is 1. The highest BCUT2D eigenvalue weighted by Gasteiger charge is 2.21. The van der Waals surface area contributed by atoms with Crippen LogP contribution in [-0.2, 0) is 11.2 Å². The van der Waals surface area contributed by atoms with Crippen LogP contribution in [0, 0.1) is 5.92 Å². The largest absolute Gasteiger partial charge is 0.354 e. The molecule has 1 aliphatic rings. The summed E-state index contributed by atoms with van der Waals surface area (Å²) in [6.45, 7) is 3.61. The van der Waals surface area contributed by atoms with Crippen LogP contribution >= 0.6 is 24.2 Å². The Bertz CT molecular complexity index is 680. The van der Waals surface area contributed by atoms with E-state index in [9.17, 15) is 4.79 Å². The third-order valence-electron chi connectivity index (χ3n) is 4.39. The van der Waals surface area contributed by atoms with Crippen molar-refractivity contribution in [3.05, 3.63) is 65.7 Å². The van der Waals surface area contributed by atoms with E-state index >= 15 is 0 Å². The number of hydrogen-bond donors (Lipinski definition) is 2. The van der Waals surface area contributed by atoms with Crippen LogP contribution in [0.15, 0.2) is 59.5 Å². The smallest absolute Gasteiger partial charge is 0.223 e. The van der Waals surface area contributed by atoms with Crippen LogP contribution in [0.4, 0.5) is 0 Å². The quantitative estimate of drug-likeness (QED) is 0.752. The normalized spacial score (nSPS) is 17.1. The molecule has 3 nitrogen and oxygen atoms in total. The molecule has 0 aromatic heterocycles. The topological polar surface area (TPSA) is 41.1 Å². The molecule has 0 spiro atoms. The van der Waals surface area contributed by atoms with Crippen molar-refractivity contribution < 1.29 is 4.79 Å². The van der Waals surface area contributed by atoms with Gasteiger partial charge in [-0.05, 0) is 36.2 Å². The first-order chi connectivity index (χ1) is 11.7. The number of halogens is 1. The summed E-state index contributed by atoms with van der Waals surface area (Å²) in [5, 5.41) is 6.62. The number of benzene rings is 2. The van der Waals surface area contributed by atoms with Crippen molar-refractivity contribution in [1.29, 1.82) is 0 Å². The molecule has 2 unspecified atom stereocenters. The van der Waals surface area contributed by atoms with Gasteiger partial charge in [-0.1, -0.05) is 49.4 Å². The molecule has 1 amide bonds. The van der Waals surface area contributed by atoms with Gasteiger partial charge in [0.15, 0.2) is 0 Å². The summed E-state index contributed by atoms with van der Waals surface area (Å²) in [5.74, 6) is 0.919. The van der Waals surface area contributed by atoms with Gasteiger partial charge in [-0.15, -0.1) is 24.2 Å². The Morgan fingerprint density at radius 1 is 1.20 bits per heavy atom. The lowest BCUT2D eigenvalue weighted by Crippen LogP contribution is -2.40. The highest BCUT2D eigenvalue weighted by molar-refractivity contribution is 7.99. The number of amides is 1. The number of nitrogens with one attached hydrogen (secondary N) is 2. The number of carbonyl (C=O) groups excluding carboxylic acids is 1. The van der Waals surface area contributed by atoms with Crippen molar-refractivity contribution >= 4 is 30.1 Å². The molecule has 0 bridgehead atoms. The van der Waals surface area contributed by atoms with E-state index in [4.69, 9.17) is 0 Å². The van der Waals surface area contributed by atoms with E-state index in [1.54, 1.807) is 11.8 Å². The van der Waals surface area contributed by atoms with Crippen LogP contribution in [0.3, 0.4) is 0 Å². The Kier molecular flexibility index (Phi) is 7.82. The Balaban J connectivity index is 0.00000225. The lowest BCUT2D eigenvalue weighted by atomic mass is 9.94. The Labute approximate surface area is 160 Å². The summed E-state index contributed by atoms with van der Waals surface area (Å²) in [6.07, 6.45) is 1.06. The summed E-state index contributed by atoms with van der Waals surface area (Å²) in [7, 11) is 0. The lowest BCUT2D eigenvalue weighted by molar-refractivity contribution is -0.123. The Hall–Kier alpha value is -1.49. The maximum absolute atomic E-state index is 12.4. The van der Waals surface area contributed by atoms with Gasteiger partial charge in [0.1, 0.15) is 0 Å². The molecule has 0 saturated heterocycles. The van der Waals surface area contributed by atoms with Crippen molar-refractivity contribution in [2.75, 3.05) is 18.8 Å². The molecular weight excluding hydrogens is 352 g/mol. The van der Waals surface area contributed by atoms with Gasteiger partial charge in [-0.25, -0.2) is 0 Å². The molecule has 1 aliphatic heterocycles. The fourth-order valence-electron chi connectivity index (χ4n) is 2.97. The number of rotatable bonds is 6. The summed E-state index contributed by atoms with van der Waals surface area (Å²) in [6, 6.07) is 18.9. The average molecular weight is 377 g/mol. The monoisotopic (exact) mass is 376 g/mol. The Morgan fingerprint density at radius 3 is 2.72 bits per heavy atom. The minimum atomic E-state index is -0.00552. The summed E-state index contributed by atoms with van der Waals surface area (Å²) in [4.78, 5) is 13.6. The van der Waals surface area contributed by atoms with Gasteiger partial charge in [0.2, 0.25) is 5.91 Å². The zero-order valence-electron chi connectivity index (χ0n) is 14.4. The van der Waals surface area contributed by atoms with Crippen LogP contribution in [-0.4, -0.2) is 24.7 Å². The molecule has 5 heteroatoms. The van der Waals surface area contributed by atoms with Crippen LogP contribution < -0.4 is 10.6 Å². The molecule has 1 heterocycles. The fraction of sp³-hybridized carbons (Fsp3) is 0.350. The molecule has 2 atom stereocenters. The number of thioether (sulfide) groups is 1. The van der Waals surface area contributed by atoms with Gasteiger partial charge in [0.05, 0.1) is 0 Å². The van der Waals surface area contributed by atoms with Crippen LogP contribution in [0.2, 0.25) is 0 Å². The van der Waals surface area contributed by atoms with Crippen molar-refractivity contribution in [3.63, 3.8) is 0 Å². The second-order valence-electron chi connectivity index (χ2n) is 6.23. The fourth-order valence-corrected chi connectivity index (χ4v) is 3.91. The molecule has 2 aromatic carbocycles. The minimum Gasteiger partial charge on any atom is -0.354 e. The third-order valence-corrected chi connectivity index (χ3v) is 5.66. The van der Waals surface area contributed by atoms with Crippen LogP contribution in [0.5, 0.6) is 0 Å². The third kappa shape index (κ3) is 5.50. The average Bonchev–Trinajstić information content (AvgIpc) is 2.65. The summed E-state index contributed by atoms with van der Waals surface area (Å²) in [5.41, 5.74) is 2.71. The predicted molar refractivity (Wildman–Crippen MR) is 107 cm³/mol. The second kappa shape index (κ2) is 9.85. The van der Waals surface area contributed by atoms with Gasteiger partial charge in [0.25, 0.3) is 0 Å². The van der Waals surface area contributed by atoms with E-state index in [1.807, 2.05) is 25.1 Å². The van der Waals surface area contributed by atoms with E-state index in [1.165, 1.54) is 16.0 Å². The molecule has 25 heavy (non-hydrogen) atoms. The standard InChI is InChI=1S/C20H24N2OS.ClH/c1-15(14-24-17-8-3-2-4-9-17)20(23)22-13-19-18-10-6-5-7-16(18)11-12-21-19;/h2-10,15,19,21H,11-14H2,1H3,(H,22,23);1H. The van der Waals surface area contributed by atoms with Gasteiger partial charge in [0, 0.05) is 29.2 Å². The molecule has 0 radical (unpaired) electrons. The van der Waals surface area contributed by atoms with Gasteiger partial charge < -0.3 is 10.6 Å². The van der Waals surface area contributed by atoms with Crippen LogP contribution in [0.25, 0.3) is 0 Å². The first-order valence-electron chi connectivity index (χ1n) is 8.51. The lowest BCUT2D eigenvalue weighted by Gasteiger charge is -2.27. The first kappa shape index (κ1) is 19.8. The van der Waals surface area contributed by atoms with Crippen molar-refractivity contribution in [2.24, 2.45) is 5.92 Å². The van der Waals surface area contributed by atoms with Crippen molar-refractivity contribution in [1.82, 2.24) is 10.6 Å². The van der Waals surface area contributed by atoms with Gasteiger partial charge in [-0.3, -0.25) is 4.79 Å². The van der Waals surface area contributed by atoms with Crippen molar-refractivity contribution in [2.45, 2.75) is 24.3 Å². The minimum absolute atomic E-state index is 0. The van der Waals surface area contributed by atoms with E-state index in [0.717, 1.165) is 18.7 Å². The van der Waals surface area contributed by atoms with E-state index in [2.05, 4.69) is 47.0 Å². The molecule has 2 aromatic rings. The second-order valence-corrected chi connectivity index (χ2v) is 7.32. The maximum atomic E-state index is 12.4. The zero-order valence-corrected chi connectivity index (χ0v) is 16.0. The number of fused-ring (bicyclic) bond motifs is 1. The first-order valence-corrected chi connectivity index (χ1v) is 9.49. The number of hydrogen-bond acceptors (Lipinski definition) is 3. The molecular formula is C20H25ClN2OS. The maximum Gasteiger partial charge on any atom is 0.223 e. The SMILES string of the molecule is CC(CSc1ccccc1)C(=O)NCC1NCCc2ccccc21.Cl. The van der Waals surface area contributed by atoms with Gasteiger partial charge >= 0.3 is 0 Å². The highest BCUT2D eigenvalue weighted by Crippen LogP contribution is 2.23. The molecule has 134 valence electrons. The van der Waals surface area contributed by atoms with E-state index < -0.39 is 0 Å². The molecule has 0 fully saturated rings. The molecule has 3 rings (SSSR count). The summed E-state index contributed by atoms with van der Waals surface area (Å²) < 4.78 is 0. The van der Waals surface area contributed by atoms with Crippen molar-refractivity contribution in [3.8, 4) is 0 Å². The molecule has 0 aliphatic carbocycles. The van der Waals surface area contributed by atoms with Gasteiger partial charge in [-0.2, -0.15) is 0 Å². The summed E-state index contributed by atoms with van der Waals surface area (Å²) >= 11 is 1.73. The van der Waals surface area contributed by atoms with Crippen LogP contribution in [0.1, 0.15) is 24.1 Å². The molecule has 2 N–H and O–H groups in total. The zero-order chi connectivity index (χ0) is 16.8.